The Bertz CT molecular complexity index is 2450. The summed E-state index contributed by atoms with van der Waals surface area (Å²) in [7, 11) is 1.21. The van der Waals surface area contributed by atoms with Crippen LogP contribution in [0.15, 0.2) is 42.5 Å². The molecule has 12 atom stereocenters. The maximum atomic E-state index is 14.8. The highest BCUT2D eigenvalue weighted by molar-refractivity contribution is 6.32. The molecule has 0 unspecified atom stereocenters. The molecule has 3 saturated heterocycles. The van der Waals surface area contributed by atoms with Gasteiger partial charge in [-0.2, -0.15) is 0 Å². The normalized spacial score (nSPS) is 26.5. The second kappa shape index (κ2) is 26.4. The first-order chi connectivity index (χ1) is 35.4. The number of hydrogen-bond donors (Lipinski definition) is 10. The van der Waals surface area contributed by atoms with Crippen LogP contribution < -0.4 is 32.3 Å². The van der Waals surface area contributed by atoms with Crippen LogP contribution in [0.3, 0.4) is 0 Å². The van der Waals surface area contributed by atoms with Crippen LogP contribution in [0.5, 0.6) is 11.5 Å². The number of rotatable bonds is 16. The highest BCUT2D eigenvalue weighted by Gasteiger charge is 2.47. The number of hydrogen-bond acceptors (Lipinski definition) is 15. The zero-order valence-corrected chi connectivity index (χ0v) is 43.2. The van der Waals surface area contributed by atoms with Gasteiger partial charge in [-0.25, -0.2) is 4.79 Å². The number of carbonyl (C=O) groups excluding carboxylic acids is 10. The van der Waals surface area contributed by atoms with Gasteiger partial charge in [0.1, 0.15) is 72.2 Å². The molecule has 75 heavy (non-hydrogen) atoms. The van der Waals surface area contributed by atoms with Gasteiger partial charge in [-0.3, -0.25) is 43.2 Å². The van der Waals surface area contributed by atoms with Gasteiger partial charge in [-0.05, 0) is 100 Å². The van der Waals surface area contributed by atoms with E-state index in [1.807, 2.05) is 0 Å². The highest BCUT2D eigenvalue weighted by Crippen LogP contribution is 2.28. The van der Waals surface area contributed by atoms with Crippen LogP contribution in [0, 0.1) is 5.92 Å². The number of nitrogens with one attached hydrogen (secondary N) is 5. The molecular weight excluding hydrogens is 1000 g/mol. The maximum absolute atomic E-state index is 14.8. The topological polar surface area (TPSA) is 357 Å². The van der Waals surface area contributed by atoms with E-state index in [1.165, 1.54) is 56.1 Å². The molecule has 5 rings (SSSR count). The predicted molar refractivity (Wildman–Crippen MR) is 266 cm³/mol. The average molecular weight is 1070 g/mol. The number of ether oxygens (including phenoxy) is 1. The summed E-state index contributed by atoms with van der Waals surface area (Å²) in [6.45, 7) is 6.00. The lowest BCUT2D eigenvalue weighted by atomic mass is 9.96. The molecule has 0 aliphatic carbocycles. The standard InChI is InChI=1S/C50H68ClN9O15/c1-6-25(2)40-50(74)75-27(4)41(57-44(68)33(16-19-38(52)65)53-45(69)35-8-7-21-59(35)24-61)47(71)54-32(15-11-28-9-13-30(63)14-10-28)43(67)55-34-17-20-39(66)60(48(34)72)42(26(3)62)49(73)58(5)36(46(70)56-40)23-29-12-18-37(64)31(51)22-29/h9-10,12-14,18,22,24-27,32-36,39-42,62-64,66H,6-8,11,15-17,19-21,23H2,1-5H3,(H2,52,65)(H,53,69)(H,54,71)(H,55,67)(H,56,70)(H,57,68)/t25-,26+,27+,32-,33-,34-,35-,36-,39+,40-,41-,42-/m0/s1. The quantitative estimate of drug-likeness (QED) is 0.0694. The third-order valence-corrected chi connectivity index (χ3v) is 14.2. The van der Waals surface area contributed by atoms with Gasteiger partial charge in [-0.15, -0.1) is 0 Å². The Labute approximate surface area is 438 Å². The molecule has 24 nitrogen and oxygen atoms in total. The monoisotopic (exact) mass is 1070 g/mol. The molecular formula is C50H68ClN9O15. The second-order valence-corrected chi connectivity index (χ2v) is 19.7. The summed E-state index contributed by atoms with van der Waals surface area (Å²) in [4.78, 5) is 142. The summed E-state index contributed by atoms with van der Waals surface area (Å²) in [6, 6.07) is -2.45. The van der Waals surface area contributed by atoms with Crippen molar-refractivity contribution in [2.45, 2.75) is 159 Å². The highest BCUT2D eigenvalue weighted by atomic mass is 35.5. The number of aliphatic hydroxyl groups is 2. The van der Waals surface area contributed by atoms with Crippen molar-refractivity contribution in [3.63, 3.8) is 0 Å². The zero-order valence-electron chi connectivity index (χ0n) is 42.4. The number of likely N-dealkylation sites (tertiary alicyclic amines) is 1. The van der Waals surface area contributed by atoms with E-state index in [0.717, 1.165) is 4.90 Å². The molecule has 410 valence electrons. The fraction of sp³-hybridized carbons (Fsp3) is 0.560. The number of fused-ring (bicyclic) bond motifs is 2. The van der Waals surface area contributed by atoms with Crippen molar-refractivity contribution in [3.8, 4) is 11.5 Å². The molecule has 11 N–H and O–H groups in total. The van der Waals surface area contributed by atoms with Crippen molar-refractivity contribution in [1.82, 2.24) is 41.3 Å². The molecule has 0 spiro atoms. The van der Waals surface area contributed by atoms with Gasteiger partial charge in [0.25, 0.3) is 0 Å². The minimum absolute atomic E-state index is 0.0518. The van der Waals surface area contributed by atoms with Crippen LogP contribution in [0.4, 0.5) is 0 Å². The summed E-state index contributed by atoms with van der Waals surface area (Å²) in [5, 5.41) is 55.5. The maximum Gasteiger partial charge on any atom is 0.329 e. The van der Waals surface area contributed by atoms with E-state index in [1.54, 1.807) is 26.0 Å². The number of likely N-dealkylation sites (N-methyl/N-ethyl adjacent to an activating group) is 1. The number of amides is 9. The number of halogens is 1. The molecule has 0 saturated carbocycles. The molecule has 9 amide bonds. The number of nitrogens with two attached hydrogens (primary N) is 1. The number of carbonyl (C=O) groups is 10. The Morgan fingerprint density at radius 2 is 1.61 bits per heavy atom. The minimum atomic E-state index is -1.91. The van der Waals surface area contributed by atoms with E-state index in [2.05, 4.69) is 26.6 Å². The van der Waals surface area contributed by atoms with Crippen LogP contribution in [0.1, 0.15) is 90.2 Å². The number of aryl methyl sites for hydroxylation is 1. The zero-order chi connectivity index (χ0) is 55.4. The molecule has 3 aliphatic heterocycles. The summed E-state index contributed by atoms with van der Waals surface area (Å²) in [5.74, 6) is -9.90. The number of phenols is 2. The first kappa shape index (κ1) is 58.8. The number of primary amides is 1. The van der Waals surface area contributed by atoms with Crippen LogP contribution in [0.25, 0.3) is 0 Å². The second-order valence-electron chi connectivity index (χ2n) is 19.3. The van der Waals surface area contributed by atoms with E-state index >= 15 is 0 Å². The predicted octanol–water partition coefficient (Wildman–Crippen LogP) is -1.25. The third kappa shape index (κ3) is 15.1. The number of cyclic esters (lactones) is 1. The van der Waals surface area contributed by atoms with Gasteiger partial charge >= 0.3 is 5.97 Å². The molecule has 0 radical (unpaired) electrons. The molecule has 2 aromatic rings. The van der Waals surface area contributed by atoms with Crippen molar-refractivity contribution >= 4 is 71.2 Å². The lowest BCUT2D eigenvalue weighted by Crippen LogP contribution is -2.67. The molecule has 3 fully saturated rings. The lowest BCUT2D eigenvalue weighted by molar-refractivity contribution is -0.170. The largest absolute Gasteiger partial charge is 0.508 e. The number of phenolic OH excluding ortho intramolecular Hbond substituents is 2. The summed E-state index contributed by atoms with van der Waals surface area (Å²) in [6.07, 6.45) is -5.20. The molecule has 0 aromatic heterocycles. The molecule has 2 bridgehead atoms. The van der Waals surface area contributed by atoms with Crippen molar-refractivity contribution in [3.05, 3.63) is 58.6 Å². The number of aromatic hydroxyl groups is 2. The molecule has 25 heteroatoms. The molecule has 2 aromatic carbocycles. The number of piperidine rings is 1. The van der Waals surface area contributed by atoms with Crippen molar-refractivity contribution in [2.75, 3.05) is 13.6 Å². The van der Waals surface area contributed by atoms with Crippen LogP contribution >= 0.6 is 11.6 Å². The van der Waals surface area contributed by atoms with E-state index < -0.39 is 132 Å². The van der Waals surface area contributed by atoms with Gasteiger partial charge in [-0.1, -0.05) is 50.1 Å². The number of benzene rings is 2. The average Bonchev–Trinajstić information content (AvgIpc) is 3.86. The van der Waals surface area contributed by atoms with Crippen molar-refractivity contribution in [1.29, 1.82) is 0 Å². The number of esters is 1. The van der Waals surface area contributed by atoms with Gasteiger partial charge in [0.05, 0.1) is 11.1 Å². The van der Waals surface area contributed by atoms with Crippen molar-refractivity contribution < 1.29 is 73.1 Å². The fourth-order valence-corrected chi connectivity index (χ4v) is 9.48. The smallest absolute Gasteiger partial charge is 0.329 e. The minimum Gasteiger partial charge on any atom is -0.508 e. The Morgan fingerprint density at radius 3 is 2.24 bits per heavy atom. The van der Waals surface area contributed by atoms with Gasteiger partial charge in [0.2, 0.25) is 53.7 Å². The van der Waals surface area contributed by atoms with Crippen LogP contribution in [0.2, 0.25) is 5.02 Å². The van der Waals surface area contributed by atoms with Gasteiger partial charge in [0.15, 0.2) is 0 Å². The van der Waals surface area contributed by atoms with Crippen LogP contribution in [-0.4, -0.2) is 175 Å². The molecule has 3 heterocycles. The Morgan fingerprint density at radius 1 is 0.933 bits per heavy atom. The van der Waals surface area contributed by atoms with Gasteiger partial charge in [0, 0.05) is 26.4 Å². The van der Waals surface area contributed by atoms with E-state index in [0.29, 0.717) is 28.9 Å². The number of nitrogens with zero attached hydrogens (tertiary/aromatic N) is 3. The summed E-state index contributed by atoms with van der Waals surface area (Å²) in [5.41, 5.74) is 6.34. The first-order valence-corrected chi connectivity index (χ1v) is 25.3. The number of aliphatic hydroxyl groups excluding tert-OH is 2. The van der Waals surface area contributed by atoms with E-state index in [-0.39, 0.29) is 74.4 Å². The SMILES string of the molecule is CC[C@H](C)[C@@H]1NC(=O)[C@H](Cc2ccc(O)c(Cl)c2)N(C)C(=O)[C@H]([C@@H](C)O)N2C(=O)[C@H](CC[C@H]2O)NC(=O)[C@H](CCc2ccc(O)cc2)NC(=O)[C@@H](NC(=O)[C@H](CCC(N)=O)NC(=O)[C@@H]2CCCN2C=O)[C@@H](C)OC1=O. The fourth-order valence-electron chi connectivity index (χ4n) is 9.28. The first-order valence-electron chi connectivity index (χ1n) is 24.9. The van der Waals surface area contributed by atoms with Crippen molar-refractivity contribution in [2.24, 2.45) is 11.7 Å². The molecule has 3 aliphatic rings. The van der Waals surface area contributed by atoms with E-state index in [9.17, 15) is 68.4 Å². The Hall–Kier alpha value is -7.05. The lowest BCUT2D eigenvalue weighted by Gasteiger charge is -2.43. The van der Waals surface area contributed by atoms with Gasteiger partial charge < -0.3 is 72.2 Å². The van der Waals surface area contributed by atoms with E-state index in [4.69, 9.17) is 22.1 Å². The summed E-state index contributed by atoms with van der Waals surface area (Å²) >= 11 is 6.24. The Balaban J connectivity index is 1.63. The third-order valence-electron chi connectivity index (χ3n) is 13.9. The Kier molecular flexibility index (Phi) is 20.7. The van der Waals surface area contributed by atoms with Crippen LogP contribution in [-0.2, 0) is 65.5 Å². The summed E-state index contributed by atoms with van der Waals surface area (Å²) < 4.78 is 5.92.